The van der Waals surface area contributed by atoms with Crippen molar-refractivity contribution in [2.45, 2.75) is 26.2 Å². The minimum Gasteiger partial charge on any atom is -0.485 e. The van der Waals surface area contributed by atoms with E-state index in [4.69, 9.17) is 16.3 Å². The van der Waals surface area contributed by atoms with Crippen LogP contribution in [0.1, 0.15) is 33.5 Å². The Balaban J connectivity index is 1.70. The highest BCUT2D eigenvalue weighted by atomic mass is 35.5. The highest BCUT2D eigenvalue weighted by molar-refractivity contribution is 6.30. The fourth-order valence-corrected chi connectivity index (χ4v) is 2.86. The van der Waals surface area contributed by atoms with Crippen molar-refractivity contribution in [1.29, 1.82) is 0 Å². The molecular weight excluding hydrogens is 284 g/mol. The van der Waals surface area contributed by atoms with Crippen molar-refractivity contribution in [1.82, 2.24) is 0 Å². The van der Waals surface area contributed by atoms with Gasteiger partial charge in [0.25, 0.3) is 0 Å². The predicted octanol–water partition coefficient (Wildman–Crippen LogP) is 4.40. The number of carbonyl (C=O) groups excluding carboxylic acids is 1. The number of Topliss-reactive ketones (excluding diaryl/α,β-unsaturated/α-hetero) is 1. The molecule has 3 heteroatoms. The molecule has 2 nitrogen and oxygen atoms in total. The van der Waals surface area contributed by atoms with Crippen molar-refractivity contribution in [2.24, 2.45) is 0 Å². The van der Waals surface area contributed by atoms with Gasteiger partial charge in [0.05, 0.1) is 0 Å². The molecular formula is C18H17ClO2. The third-order valence-corrected chi connectivity index (χ3v) is 4.16. The van der Waals surface area contributed by atoms with Crippen molar-refractivity contribution < 1.29 is 9.53 Å². The van der Waals surface area contributed by atoms with Gasteiger partial charge < -0.3 is 4.74 Å². The first-order valence-electron chi connectivity index (χ1n) is 7.17. The molecule has 1 aliphatic rings. The standard InChI is InChI=1S/C18H17ClO2/c1-12-5-8-16(19)10-18(12)21-11-17(20)15-7-6-13-3-2-4-14(13)9-15/h5-10H,2-4,11H2,1H3. The molecule has 0 saturated carbocycles. The largest absolute Gasteiger partial charge is 0.485 e. The highest BCUT2D eigenvalue weighted by Gasteiger charge is 2.14. The molecule has 0 saturated heterocycles. The zero-order chi connectivity index (χ0) is 14.8. The van der Waals surface area contributed by atoms with Gasteiger partial charge in [0.15, 0.2) is 12.4 Å². The molecule has 0 radical (unpaired) electrons. The van der Waals surface area contributed by atoms with Crippen LogP contribution < -0.4 is 4.74 Å². The summed E-state index contributed by atoms with van der Waals surface area (Å²) in [5.41, 5.74) is 4.38. The normalized spacial score (nSPS) is 13.0. The van der Waals surface area contributed by atoms with Gasteiger partial charge >= 0.3 is 0 Å². The van der Waals surface area contributed by atoms with Gasteiger partial charge in [0.2, 0.25) is 0 Å². The first-order valence-corrected chi connectivity index (χ1v) is 7.55. The molecule has 3 rings (SSSR count). The van der Waals surface area contributed by atoms with Gasteiger partial charge in [-0.15, -0.1) is 0 Å². The molecule has 1 aliphatic carbocycles. The smallest absolute Gasteiger partial charge is 0.200 e. The van der Waals surface area contributed by atoms with Crippen molar-refractivity contribution in [3.63, 3.8) is 0 Å². The van der Waals surface area contributed by atoms with Crippen molar-refractivity contribution in [3.8, 4) is 5.75 Å². The summed E-state index contributed by atoms with van der Waals surface area (Å²) in [5.74, 6) is 0.668. The molecule has 2 aromatic rings. The summed E-state index contributed by atoms with van der Waals surface area (Å²) in [6, 6.07) is 11.4. The van der Waals surface area contributed by atoms with Crippen molar-refractivity contribution >= 4 is 17.4 Å². The minimum absolute atomic E-state index is 0.00377. The molecule has 0 unspecified atom stereocenters. The zero-order valence-corrected chi connectivity index (χ0v) is 12.7. The van der Waals surface area contributed by atoms with Gasteiger partial charge in [0, 0.05) is 10.6 Å². The molecule has 0 bridgehead atoms. The summed E-state index contributed by atoms with van der Waals surface area (Å²) in [6.07, 6.45) is 3.39. The lowest BCUT2D eigenvalue weighted by Crippen LogP contribution is -2.12. The fraction of sp³-hybridized carbons (Fsp3) is 0.278. The van der Waals surface area contributed by atoms with Gasteiger partial charge in [0.1, 0.15) is 5.75 Å². The van der Waals surface area contributed by atoms with Crippen LogP contribution >= 0.6 is 11.6 Å². The number of halogens is 1. The summed E-state index contributed by atoms with van der Waals surface area (Å²) in [4.78, 5) is 12.3. The van der Waals surface area contributed by atoms with Crippen LogP contribution in [0.5, 0.6) is 5.75 Å². The Bertz CT molecular complexity index is 692. The maximum atomic E-state index is 12.3. The van der Waals surface area contributed by atoms with E-state index in [9.17, 15) is 4.79 Å². The molecule has 0 N–H and O–H groups in total. The first kappa shape index (κ1) is 14.2. The minimum atomic E-state index is 0.00377. The van der Waals surface area contributed by atoms with E-state index in [1.165, 1.54) is 17.5 Å². The Morgan fingerprint density at radius 2 is 1.95 bits per heavy atom. The number of fused-ring (bicyclic) bond motifs is 1. The van der Waals surface area contributed by atoms with Gasteiger partial charge in [-0.2, -0.15) is 0 Å². The van der Waals surface area contributed by atoms with Crippen LogP contribution in [0.4, 0.5) is 0 Å². The summed E-state index contributed by atoms with van der Waals surface area (Å²) in [6.45, 7) is 1.98. The zero-order valence-electron chi connectivity index (χ0n) is 12.0. The van der Waals surface area contributed by atoms with Crippen LogP contribution in [0.2, 0.25) is 5.02 Å². The van der Waals surface area contributed by atoms with Crippen molar-refractivity contribution in [2.75, 3.05) is 6.61 Å². The Hall–Kier alpha value is -1.80. The Morgan fingerprint density at radius 3 is 2.81 bits per heavy atom. The third kappa shape index (κ3) is 3.11. The number of rotatable bonds is 4. The van der Waals surface area contributed by atoms with Crippen LogP contribution in [-0.2, 0) is 12.8 Å². The summed E-state index contributed by atoms with van der Waals surface area (Å²) >= 11 is 5.95. The van der Waals surface area contributed by atoms with E-state index in [2.05, 4.69) is 6.07 Å². The molecule has 0 spiro atoms. The summed E-state index contributed by atoms with van der Waals surface area (Å²) in [7, 11) is 0. The van der Waals surface area contributed by atoms with E-state index in [0.29, 0.717) is 10.8 Å². The third-order valence-electron chi connectivity index (χ3n) is 3.93. The monoisotopic (exact) mass is 300 g/mol. The highest BCUT2D eigenvalue weighted by Crippen LogP contribution is 2.24. The molecule has 0 aliphatic heterocycles. The lowest BCUT2D eigenvalue weighted by molar-refractivity contribution is 0.0921. The molecule has 0 atom stereocenters. The molecule has 0 fully saturated rings. The second-order valence-electron chi connectivity index (χ2n) is 5.46. The first-order chi connectivity index (χ1) is 10.1. The molecule has 0 aromatic heterocycles. The number of benzene rings is 2. The molecule has 108 valence electrons. The lowest BCUT2D eigenvalue weighted by atomic mass is 10.0. The van der Waals surface area contributed by atoms with E-state index in [-0.39, 0.29) is 12.4 Å². The number of carbonyl (C=O) groups is 1. The average Bonchev–Trinajstić information content (AvgIpc) is 2.95. The average molecular weight is 301 g/mol. The van der Waals surface area contributed by atoms with Crippen molar-refractivity contribution in [3.05, 3.63) is 63.7 Å². The number of ketones is 1. The van der Waals surface area contributed by atoms with Crippen LogP contribution in [0.15, 0.2) is 36.4 Å². The maximum absolute atomic E-state index is 12.3. The van der Waals surface area contributed by atoms with Crippen LogP contribution in [0.3, 0.4) is 0 Å². The van der Waals surface area contributed by atoms with E-state index in [1.807, 2.05) is 31.2 Å². The number of hydrogen-bond acceptors (Lipinski definition) is 2. The maximum Gasteiger partial charge on any atom is 0.200 e. The fourth-order valence-electron chi connectivity index (χ4n) is 2.70. The Morgan fingerprint density at radius 1 is 1.14 bits per heavy atom. The number of ether oxygens (including phenoxy) is 1. The van der Waals surface area contributed by atoms with Gasteiger partial charge in [-0.1, -0.05) is 29.8 Å². The second kappa shape index (κ2) is 5.90. The van der Waals surface area contributed by atoms with Crippen LogP contribution in [0.25, 0.3) is 0 Å². The predicted molar refractivity (Wildman–Crippen MR) is 84.5 cm³/mol. The van der Waals surface area contributed by atoms with E-state index in [0.717, 1.165) is 24.0 Å². The van der Waals surface area contributed by atoms with E-state index < -0.39 is 0 Å². The van der Waals surface area contributed by atoms with Gasteiger partial charge in [-0.25, -0.2) is 0 Å². The topological polar surface area (TPSA) is 26.3 Å². The van der Waals surface area contributed by atoms with E-state index >= 15 is 0 Å². The molecule has 0 amide bonds. The Labute approximate surface area is 129 Å². The lowest BCUT2D eigenvalue weighted by Gasteiger charge is -2.09. The molecule has 0 heterocycles. The second-order valence-corrected chi connectivity index (χ2v) is 5.90. The quantitative estimate of drug-likeness (QED) is 0.782. The van der Waals surface area contributed by atoms with E-state index in [1.54, 1.807) is 6.07 Å². The summed E-state index contributed by atoms with van der Waals surface area (Å²) in [5, 5.41) is 0.612. The Kier molecular flexibility index (Phi) is 3.98. The molecule has 2 aromatic carbocycles. The van der Waals surface area contributed by atoms with Gasteiger partial charge in [-0.05, 0) is 61.1 Å². The number of hydrogen-bond donors (Lipinski definition) is 0. The van der Waals surface area contributed by atoms with Crippen LogP contribution in [0, 0.1) is 6.92 Å². The summed E-state index contributed by atoms with van der Waals surface area (Å²) < 4.78 is 5.62. The van der Waals surface area contributed by atoms with Gasteiger partial charge in [-0.3, -0.25) is 4.79 Å². The molecule has 21 heavy (non-hydrogen) atoms. The van der Waals surface area contributed by atoms with Crippen LogP contribution in [-0.4, -0.2) is 12.4 Å². The number of aryl methyl sites for hydroxylation is 3. The SMILES string of the molecule is Cc1ccc(Cl)cc1OCC(=O)c1ccc2c(c1)CCC2.